The van der Waals surface area contributed by atoms with Crippen molar-refractivity contribution >= 4 is 33.3 Å². The molecule has 0 aliphatic heterocycles. The highest BCUT2D eigenvalue weighted by Crippen LogP contribution is 2.31. The molecule has 0 N–H and O–H groups in total. The van der Waals surface area contributed by atoms with E-state index in [9.17, 15) is 0 Å². The molecule has 0 spiro atoms. The fraction of sp³-hybridized carbons (Fsp3) is 0.200. The Hall–Kier alpha value is -0.470. The highest BCUT2D eigenvalue weighted by atomic mass is 79.9. The van der Waals surface area contributed by atoms with E-state index in [0.29, 0.717) is 10.8 Å². The van der Waals surface area contributed by atoms with E-state index in [1.165, 1.54) is 0 Å². The van der Waals surface area contributed by atoms with Crippen LogP contribution in [-0.2, 0) is 4.74 Å². The molecule has 0 bridgehead atoms. The van der Waals surface area contributed by atoms with E-state index < -0.39 is 0 Å². The van der Waals surface area contributed by atoms with E-state index in [2.05, 4.69) is 22.5 Å². The molecule has 0 saturated heterocycles. The van der Waals surface area contributed by atoms with Crippen molar-refractivity contribution in [3.63, 3.8) is 0 Å². The second-order valence-corrected chi connectivity index (χ2v) is 3.86. The first kappa shape index (κ1) is 10.6. The lowest BCUT2D eigenvalue weighted by atomic mass is 10.1. The summed E-state index contributed by atoms with van der Waals surface area (Å²) in [6.07, 6.45) is 0. The summed E-state index contributed by atoms with van der Waals surface area (Å²) in [5.74, 6) is 0.648. The lowest BCUT2D eigenvalue weighted by Gasteiger charge is -2.10. The summed E-state index contributed by atoms with van der Waals surface area (Å²) in [6, 6.07) is 3.71. The van der Waals surface area contributed by atoms with Crippen LogP contribution in [0.5, 0.6) is 0 Å². The normalized spacial score (nSPS) is 9.85. The number of rotatable bonds is 2. The van der Waals surface area contributed by atoms with E-state index in [-0.39, 0.29) is 0 Å². The van der Waals surface area contributed by atoms with Gasteiger partial charge in [0.1, 0.15) is 5.76 Å². The van der Waals surface area contributed by atoms with Crippen LogP contribution in [0.1, 0.15) is 11.1 Å². The number of hydrogen-bond donors (Lipinski definition) is 0. The zero-order chi connectivity index (χ0) is 10.0. The van der Waals surface area contributed by atoms with E-state index in [4.69, 9.17) is 16.3 Å². The maximum Gasteiger partial charge on any atom is 0.119 e. The molecule has 1 nitrogen and oxygen atoms in total. The quantitative estimate of drug-likeness (QED) is 0.731. The van der Waals surface area contributed by atoms with E-state index in [1.54, 1.807) is 7.11 Å². The lowest BCUT2D eigenvalue weighted by Crippen LogP contribution is -1.91. The van der Waals surface area contributed by atoms with Gasteiger partial charge in [0.2, 0.25) is 0 Å². The summed E-state index contributed by atoms with van der Waals surface area (Å²) in [7, 11) is 1.60. The molecule has 0 radical (unpaired) electrons. The Labute approximate surface area is 91.5 Å². The van der Waals surface area contributed by atoms with Gasteiger partial charge in [0, 0.05) is 10.0 Å². The van der Waals surface area contributed by atoms with Gasteiger partial charge in [-0.15, -0.1) is 0 Å². The molecule has 0 amide bonds. The van der Waals surface area contributed by atoms with Crippen molar-refractivity contribution < 1.29 is 4.74 Å². The van der Waals surface area contributed by atoms with Crippen molar-refractivity contribution in [2.45, 2.75) is 6.92 Å². The predicted octanol–water partition coefficient (Wildman–Crippen LogP) is 4.03. The molecular formula is C10H10BrClO. The topological polar surface area (TPSA) is 9.23 Å². The van der Waals surface area contributed by atoms with E-state index >= 15 is 0 Å². The molecule has 0 aliphatic carbocycles. The minimum Gasteiger partial charge on any atom is -0.497 e. The zero-order valence-corrected chi connectivity index (χ0v) is 9.87. The number of halogens is 2. The fourth-order valence-electron chi connectivity index (χ4n) is 1.06. The smallest absolute Gasteiger partial charge is 0.119 e. The summed E-state index contributed by atoms with van der Waals surface area (Å²) in [4.78, 5) is 0. The van der Waals surface area contributed by atoms with Crippen molar-refractivity contribution in [2.75, 3.05) is 7.11 Å². The van der Waals surface area contributed by atoms with Crippen LogP contribution in [0.25, 0.3) is 5.76 Å². The third-order valence-corrected chi connectivity index (χ3v) is 3.45. The Morgan fingerprint density at radius 1 is 1.54 bits per heavy atom. The summed E-state index contributed by atoms with van der Waals surface area (Å²) in [6.45, 7) is 5.76. The van der Waals surface area contributed by atoms with Gasteiger partial charge in [-0.2, -0.15) is 0 Å². The van der Waals surface area contributed by atoms with Crippen LogP contribution in [0.4, 0.5) is 0 Å². The van der Waals surface area contributed by atoms with E-state index in [1.807, 2.05) is 19.1 Å². The summed E-state index contributed by atoms with van der Waals surface area (Å²) in [5, 5.41) is 0.699. The molecule has 0 fully saturated rings. The first-order chi connectivity index (χ1) is 6.07. The number of benzene rings is 1. The molecule has 0 saturated carbocycles. The highest BCUT2D eigenvalue weighted by molar-refractivity contribution is 9.10. The fourth-order valence-corrected chi connectivity index (χ4v) is 1.61. The van der Waals surface area contributed by atoms with E-state index in [0.717, 1.165) is 15.6 Å². The van der Waals surface area contributed by atoms with Gasteiger partial charge in [0.15, 0.2) is 0 Å². The van der Waals surface area contributed by atoms with Gasteiger partial charge in [-0.25, -0.2) is 0 Å². The average molecular weight is 262 g/mol. The van der Waals surface area contributed by atoms with Crippen molar-refractivity contribution in [1.82, 2.24) is 0 Å². The van der Waals surface area contributed by atoms with Crippen LogP contribution in [0.3, 0.4) is 0 Å². The molecule has 1 aromatic carbocycles. The van der Waals surface area contributed by atoms with Crippen LogP contribution in [-0.4, -0.2) is 7.11 Å². The van der Waals surface area contributed by atoms with Crippen molar-refractivity contribution in [3.8, 4) is 0 Å². The Morgan fingerprint density at radius 2 is 2.15 bits per heavy atom. The molecule has 13 heavy (non-hydrogen) atoms. The Bertz CT molecular complexity index is 347. The van der Waals surface area contributed by atoms with Crippen molar-refractivity contribution in [3.05, 3.63) is 39.3 Å². The van der Waals surface area contributed by atoms with Crippen LogP contribution in [0, 0.1) is 6.92 Å². The van der Waals surface area contributed by atoms with Crippen LogP contribution in [0.15, 0.2) is 23.2 Å². The summed E-state index contributed by atoms with van der Waals surface area (Å²) >= 11 is 9.32. The SMILES string of the molecule is C=C(OC)c1ccc(Cl)c(Br)c1C. The largest absolute Gasteiger partial charge is 0.497 e. The Morgan fingerprint density at radius 3 is 2.69 bits per heavy atom. The standard InChI is InChI=1S/C10H10BrClO/c1-6-8(7(2)13-3)4-5-9(12)10(6)11/h4-5H,2H2,1,3H3. The maximum atomic E-state index is 5.92. The number of hydrogen-bond acceptors (Lipinski definition) is 1. The van der Waals surface area contributed by atoms with Gasteiger partial charge in [0.25, 0.3) is 0 Å². The minimum absolute atomic E-state index is 0.648. The average Bonchev–Trinajstić information content (AvgIpc) is 2.13. The van der Waals surface area contributed by atoms with Gasteiger partial charge in [0.05, 0.1) is 12.1 Å². The highest BCUT2D eigenvalue weighted by Gasteiger charge is 2.08. The second-order valence-electron chi connectivity index (χ2n) is 2.66. The van der Waals surface area contributed by atoms with Crippen molar-refractivity contribution in [1.29, 1.82) is 0 Å². The zero-order valence-electron chi connectivity index (χ0n) is 7.53. The Kier molecular flexibility index (Phi) is 3.40. The first-order valence-corrected chi connectivity index (χ1v) is 4.93. The van der Waals surface area contributed by atoms with Gasteiger partial charge in [-0.05, 0) is 40.5 Å². The van der Waals surface area contributed by atoms with Gasteiger partial charge < -0.3 is 4.74 Å². The molecule has 0 unspecified atom stereocenters. The lowest BCUT2D eigenvalue weighted by molar-refractivity contribution is 0.371. The summed E-state index contributed by atoms with van der Waals surface area (Å²) in [5.41, 5.74) is 2.01. The van der Waals surface area contributed by atoms with Gasteiger partial charge >= 0.3 is 0 Å². The monoisotopic (exact) mass is 260 g/mol. The maximum absolute atomic E-state index is 5.92. The van der Waals surface area contributed by atoms with Crippen LogP contribution >= 0.6 is 27.5 Å². The van der Waals surface area contributed by atoms with Crippen LogP contribution in [0.2, 0.25) is 5.02 Å². The number of ether oxygens (including phenoxy) is 1. The first-order valence-electron chi connectivity index (χ1n) is 3.75. The minimum atomic E-state index is 0.648. The van der Waals surface area contributed by atoms with Crippen molar-refractivity contribution in [2.24, 2.45) is 0 Å². The molecule has 0 aromatic heterocycles. The second kappa shape index (κ2) is 4.16. The molecular weight excluding hydrogens is 251 g/mol. The van der Waals surface area contributed by atoms with Gasteiger partial charge in [-0.1, -0.05) is 18.2 Å². The molecule has 0 heterocycles. The molecule has 3 heteroatoms. The van der Waals surface area contributed by atoms with Gasteiger partial charge in [-0.3, -0.25) is 0 Å². The predicted molar refractivity (Wildman–Crippen MR) is 59.9 cm³/mol. The third-order valence-electron chi connectivity index (χ3n) is 1.89. The Balaban J connectivity index is 3.26. The number of methoxy groups -OCH3 is 1. The third kappa shape index (κ3) is 2.06. The molecule has 0 atom stereocenters. The summed E-state index contributed by atoms with van der Waals surface area (Å²) < 4.78 is 5.95. The molecule has 1 rings (SSSR count). The molecule has 1 aromatic rings. The molecule has 70 valence electrons. The molecule has 0 aliphatic rings. The van der Waals surface area contributed by atoms with Crippen LogP contribution < -0.4 is 0 Å².